The molecule has 0 heterocycles. The van der Waals surface area contributed by atoms with Gasteiger partial charge in [-0.05, 0) is 42.6 Å². The van der Waals surface area contributed by atoms with Crippen LogP contribution in [0.4, 0.5) is 5.69 Å². The quantitative estimate of drug-likeness (QED) is 0.720. The first-order valence-corrected chi connectivity index (χ1v) is 8.77. The van der Waals surface area contributed by atoms with Gasteiger partial charge in [0.15, 0.2) is 0 Å². The van der Waals surface area contributed by atoms with Crippen molar-refractivity contribution >= 4 is 19.3 Å². The van der Waals surface area contributed by atoms with Crippen LogP contribution in [0.25, 0.3) is 0 Å². The van der Waals surface area contributed by atoms with Gasteiger partial charge in [-0.15, -0.1) is 0 Å². The van der Waals surface area contributed by atoms with Gasteiger partial charge in [0.1, 0.15) is 13.6 Å². The van der Waals surface area contributed by atoms with Gasteiger partial charge in [0.2, 0.25) is 0 Å². The molecule has 1 N–H and O–H groups in total. The molecule has 0 radical (unpaired) electrons. The van der Waals surface area contributed by atoms with Crippen LogP contribution in [-0.4, -0.2) is 47.9 Å². The number of nitrogens with zero attached hydrogens (tertiary/aromatic N) is 1. The molecule has 148 valence electrons. The van der Waals surface area contributed by atoms with E-state index in [-0.39, 0.29) is 6.04 Å². The second-order valence-electron chi connectivity index (χ2n) is 6.04. The van der Waals surface area contributed by atoms with E-state index in [4.69, 9.17) is 14.3 Å². The number of benzene rings is 2. The molecule has 5 nitrogen and oxygen atoms in total. The molecule has 0 spiro atoms. The Bertz CT molecular complexity index is 645. The zero-order chi connectivity index (χ0) is 20.7. The van der Waals surface area contributed by atoms with Gasteiger partial charge in [0, 0.05) is 33.5 Å². The van der Waals surface area contributed by atoms with Crippen molar-refractivity contribution in [2.45, 2.75) is 19.4 Å². The highest BCUT2D eigenvalue weighted by atomic mass is 16.5. The molecular weight excluding hydrogens is 340 g/mol. The van der Waals surface area contributed by atoms with Crippen LogP contribution in [0.1, 0.15) is 29.2 Å². The van der Waals surface area contributed by atoms with Crippen LogP contribution in [-0.2, 0) is 14.3 Å². The molecule has 27 heavy (non-hydrogen) atoms. The normalized spacial score (nSPS) is 10.7. The van der Waals surface area contributed by atoms with Gasteiger partial charge in [0.25, 0.3) is 0 Å². The summed E-state index contributed by atoms with van der Waals surface area (Å²) in [7, 11) is 5.94. The number of ether oxygens (including phenoxy) is 1. The minimum absolute atomic E-state index is 0.187. The van der Waals surface area contributed by atoms with Crippen LogP contribution in [0.5, 0.6) is 0 Å². The summed E-state index contributed by atoms with van der Waals surface area (Å²) < 4.78 is 5.17. The molecule has 0 saturated heterocycles. The van der Waals surface area contributed by atoms with Crippen molar-refractivity contribution in [3.8, 4) is 0 Å². The standard InChI is InChI=1S/C20H28N2O.2CH2O/c1-16-10-5-6-11-17(16)20(21-14-9-15-23-4)18-12-7-8-13-19(18)22(2)3;2*1-2/h5-8,10-13,20-21H,9,14-15H2,1-4H3;2*1H2. The Labute approximate surface area is 163 Å². The molecule has 2 aromatic rings. The van der Waals surface area contributed by atoms with E-state index in [2.05, 4.69) is 79.8 Å². The third-order valence-corrected chi connectivity index (χ3v) is 4.10. The first kappa shape index (κ1) is 24.5. The molecule has 0 aromatic heterocycles. The van der Waals surface area contributed by atoms with Gasteiger partial charge in [-0.3, -0.25) is 0 Å². The van der Waals surface area contributed by atoms with Crippen molar-refractivity contribution in [3.05, 3.63) is 65.2 Å². The molecule has 5 heteroatoms. The number of rotatable bonds is 8. The van der Waals surface area contributed by atoms with Crippen LogP contribution in [0, 0.1) is 6.92 Å². The Morgan fingerprint density at radius 2 is 1.52 bits per heavy atom. The molecule has 0 fully saturated rings. The highest BCUT2D eigenvalue weighted by Crippen LogP contribution is 2.31. The smallest absolute Gasteiger partial charge is 0.106 e. The van der Waals surface area contributed by atoms with Gasteiger partial charge >= 0.3 is 0 Å². The van der Waals surface area contributed by atoms with Crippen molar-refractivity contribution in [2.24, 2.45) is 0 Å². The Hall–Kier alpha value is -2.50. The lowest BCUT2D eigenvalue weighted by atomic mass is 9.93. The monoisotopic (exact) mass is 372 g/mol. The SMILES string of the molecule is C=O.C=O.COCCCNC(c1ccccc1C)c1ccccc1N(C)C. The number of nitrogens with one attached hydrogen (secondary N) is 1. The first-order chi connectivity index (χ1) is 13.1. The van der Waals surface area contributed by atoms with Crippen LogP contribution in [0.15, 0.2) is 48.5 Å². The minimum atomic E-state index is 0.187. The topological polar surface area (TPSA) is 58.6 Å². The first-order valence-electron chi connectivity index (χ1n) is 8.77. The Morgan fingerprint density at radius 3 is 2.07 bits per heavy atom. The lowest BCUT2D eigenvalue weighted by molar-refractivity contribution is -0.0987. The van der Waals surface area contributed by atoms with Crippen molar-refractivity contribution in [3.63, 3.8) is 0 Å². The lowest BCUT2D eigenvalue weighted by Crippen LogP contribution is -2.27. The molecular formula is C22H32N2O3. The second-order valence-corrected chi connectivity index (χ2v) is 6.04. The summed E-state index contributed by atoms with van der Waals surface area (Å²) in [5.74, 6) is 0. The zero-order valence-electron chi connectivity index (χ0n) is 16.9. The largest absolute Gasteiger partial charge is 0.385 e. The molecule has 2 rings (SSSR count). The molecule has 2 aromatic carbocycles. The van der Waals surface area contributed by atoms with E-state index in [1.54, 1.807) is 7.11 Å². The van der Waals surface area contributed by atoms with Crippen LogP contribution >= 0.6 is 0 Å². The second kappa shape index (κ2) is 14.6. The van der Waals surface area contributed by atoms with Crippen molar-refractivity contribution in [1.29, 1.82) is 0 Å². The predicted octanol–water partition coefficient (Wildman–Crippen LogP) is 3.41. The fourth-order valence-corrected chi connectivity index (χ4v) is 2.90. The van der Waals surface area contributed by atoms with Gasteiger partial charge in [-0.1, -0.05) is 42.5 Å². The average molecular weight is 373 g/mol. The molecule has 1 unspecified atom stereocenters. The molecule has 0 aliphatic heterocycles. The summed E-state index contributed by atoms with van der Waals surface area (Å²) in [6.45, 7) is 7.88. The predicted molar refractivity (Wildman–Crippen MR) is 113 cm³/mol. The maximum absolute atomic E-state index is 8.00. The molecule has 0 saturated carbocycles. The third kappa shape index (κ3) is 7.72. The Morgan fingerprint density at radius 1 is 0.963 bits per heavy atom. The Kier molecular flexibility index (Phi) is 13.3. The molecule has 0 aliphatic carbocycles. The summed E-state index contributed by atoms with van der Waals surface area (Å²) >= 11 is 0. The van der Waals surface area contributed by atoms with E-state index in [0.29, 0.717) is 0 Å². The van der Waals surface area contributed by atoms with Crippen molar-refractivity contribution in [2.75, 3.05) is 39.3 Å². The maximum atomic E-state index is 8.00. The number of anilines is 1. The summed E-state index contributed by atoms with van der Waals surface area (Å²) in [4.78, 5) is 18.2. The number of carbonyl (C=O) groups excluding carboxylic acids is 2. The fraction of sp³-hybridized carbons (Fsp3) is 0.364. The van der Waals surface area contributed by atoms with Gasteiger partial charge in [0.05, 0.1) is 6.04 Å². The number of carbonyl (C=O) groups is 2. The molecule has 0 aliphatic rings. The summed E-state index contributed by atoms with van der Waals surface area (Å²) in [6, 6.07) is 17.4. The minimum Gasteiger partial charge on any atom is -0.385 e. The zero-order valence-corrected chi connectivity index (χ0v) is 16.9. The van der Waals surface area contributed by atoms with E-state index in [1.807, 2.05) is 13.6 Å². The Balaban J connectivity index is 0.00000158. The highest BCUT2D eigenvalue weighted by molar-refractivity contribution is 5.56. The number of hydrogen-bond acceptors (Lipinski definition) is 5. The van der Waals surface area contributed by atoms with Crippen LogP contribution < -0.4 is 10.2 Å². The van der Waals surface area contributed by atoms with Gasteiger partial charge in [-0.25, -0.2) is 0 Å². The summed E-state index contributed by atoms with van der Waals surface area (Å²) in [6.07, 6.45) is 1.00. The number of hydrogen-bond donors (Lipinski definition) is 1. The van der Waals surface area contributed by atoms with E-state index in [9.17, 15) is 0 Å². The average Bonchev–Trinajstić information content (AvgIpc) is 2.72. The lowest BCUT2D eigenvalue weighted by Gasteiger charge is -2.26. The van der Waals surface area contributed by atoms with E-state index in [0.717, 1.165) is 19.6 Å². The number of para-hydroxylation sites is 1. The fourth-order valence-electron chi connectivity index (χ4n) is 2.90. The van der Waals surface area contributed by atoms with E-state index >= 15 is 0 Å². The highest BCUT2D eigenvalue weighted by Gasteiger charge is 2.19. The van der Waals surface area contributed by atoms with E-state index in [1.165, 1.54) is 22.4 Å². The number of methoxy groups -OCH3 is 1. The van der Waals surface area contributed by atoms with Gasteiger partial charge in [-0.2, -0.15) is 0 Å². The molecule has 0 bridgehead atoms. The van der Waals surface area contributed by atoms with Crippen LogP contribution in [0.3, 0.4) is 0 Å². The number of aryl methyl sites for hydroxylation is 1. The van der Waals surface area contributed by atoms with E-state index < -0.39 is 0 Å². The molecule has 1 atom stereocenters. The van der Waals surface area contributed by atoms with Gasteiger partial charge < -0.3 is 24.5 Å². The van der Waals surface area contributed by atoms with Crippen molar-refractivity contribution in [1.82, 2.24) is 5.32 Å². The van der Waals surface area contributed by atoms with Crippen molar-refractivity contribution < 1.29 is 14.3 Å². The third-order valence-electron chi connectivity index (χ3n) is 4.10. The van der Waals surface area contributed by atoms with Crippen LogP contribution in [0.2, 0.25) is 0 Å². The summed E-state index contributed by atoms with van der Waals surface area (Å²) in [5.41, 5.74) is 5.20. The summed E-state index contributed by atoms with van der Waals surface area (Å²) in [5, 5.41) is 3.72. The maximum Gasteiger partial charge on any atom is 0.106 e. The molecule has 0 amide bonds.